The molecule has 0 fully saturated rings. The third kappa shape index (κ3) is 2.91. The van der Waals surface area contributed by atoms with Gasteiger partial charge in [0, 0.05) is 12.1 Å². The van der Waals surface area contributed by atoms with Crippen molar-refractivity contribution in [2.24, 2.45) is 5.73 Å². The average molecular weight is 291 g/mol. The molecule has 6 heteroatoms. The second-order valence-corrected chi connectivity index (χ2v) is 4.78. The van der Waals surface area contributed by atoms with Crippen molar-refractivity contribution in [3.05, 3.63) is 52.1 Å². The summed E-state index contributed by atoms with van der Waals surface area (Å²) in [5, 5.41) is 4.27. The Balaban J connectivity index is 2.61. The van der Waals surface area contributed by atoms with E-state index in [2.05, 4.69) is 5.10 Å². The number of halogens is 1. The van der Waals surface area contributed by atoms with Crippen molar-refractivity contribution in [1.82, 2.24) is 9.78 Å². The molecule has 2 aromatic rings. The Hall–Kier alpha value is -2.08. The molecule has 0 radical (unpaired) electrons. The molecule has 0 aliphatic rings. The fraction of sp³-hybridized carbons (Fsp3) is 0.214. The molecule has 0 aliphatic heterocycles. The minimum atomic E-state index is -0.329. The molecule has 1 heterocycles. The molecule has 0 saturated heterocycles. The number of nitrogens with zero attached hydrogens (tertiary/aromatic N) is 2. The van der Waals surface area contributed by atoms with Crippen LogP contribution in [0.4, 0.5) is 4.39 Å². The van der Waals surface area contributed by atoms with E-state index in [4.69, 9.17) is 18.0 Å². The standard InChI is InChI=1S/C14H14FN3OS/c1-2-7-18-14(19)11(13(16)20)8-12(17-18)9-3-5-10(15)6-4-9/h3-6,8H,2,7H2,1H3,(H2,16,20). The van der Waals surface area contributed by atoms with E-state index in [1.807, 2.05) is 6.92 Å². The van der Waals surface area contributed by atoms with Crippen LogP contribution in [0.1, 0.15) is 18.9 Å². The molecule has 0 aliphatic carbocycles. The van der Waals surface area contributed by atoms with Crippen LogP contribution < -0.4 is 11.3 Å². The Morgan fingerprint density at radius 2 is 2.05 bits per heavy atom. The van der Waals surface area contributed by atoms with Gasteiger partial charge in [-0.3, -0.25) is 4.79 Å². The number of hydrogen-bond donors (Lipinski definition) is 1. The van der Waals surface area contributed by atoms with Crippen LogP contribution in [0.2, 0.25) is 0 Å². The lowest BCUT2D eigenvalue weighted by molar-refractivity contribution is 0.569. The van der Waals surface area contributed by atoms with E-state index in [0.29, 0.717) is 17.8 Å². The molecule has 0 spiro atoms. The van der Waals surface area contributed by atoms with Gasteiger partial charge in [-0.1, -0.05) is 19.1 Å². The van der Waals surface area contributed by atoms with Crippen LogP contribution in [-0.4, -0.2) is 14.8 Å². The maximum absolute atomic E-state index is 13.0. The Morgan fingerprint density at radius 1 is 1.40 bits per heavy atom. The highest BCUT2D eigenvalue weighted by Crippen LogP contribution is 2.17. The Labute approximate surface area is 121 Å². The zero-order valence-electron chi connectivity index (χ0n) is 11.0. The van der Waals surface area contributed by atoms with Crippen molar-refractivity contribution in [1.29, 1.82) is 0 Å². The van der Waals surface area contributed by atoms with Gasteiger partial charge < -0.3 is 5.73 Å². The summed E-state index contributed by atoms with van der Waals surface area (Å²) < 4.78 is 14.3. The van der Waals surface area contributed by atoms with Gasteiger partial charge in [-0.15, -0.1) is 0 Å². The Bertz CT molecular complexity index is 695. The van der Waals surface area contributed by atoms with Gasteiger partial charge in [-0.2, -0.15) is 5.10 Å². The summed E-state index contributed by atoms with van der Waals surface area (Å²) in [5.41, 5.74) is 6.78. The van der Waals surface area contributed by atoms with Crippen molar-refractivity contribution in [3.63, 3.8) is 0 Å². The Kier molecular flexibility index (Phi) is 4.24. The quantitative estimate of drug-likeness (QED) is 0.876. The number of thiocarbonyl (C=S) groups is 1. The fourth-order valence-corrected chi connectivity index (χ4v) is 1.99. The monoisotopic (exact) mass is 291 g/mol. The van der Waals surface area contributed by atoms with E-state index in [0.717, 1.165) is 6.42 Å². The van der Waals surface area contributed by atoms with Gasteiger partial charge in [0.15, 0.2) is 0 Å². The first kappa shape index (κ1) is 14.3. The summed E-state index contributed by atoms with van der Waals surface area (Å²) in [6.45, 7) is 2.42. The number of aryl methyl sites for hydroxylation is 1. The lowest BCUT2D eigenvalue weighted by Crippen LogP contribution is -2.31. The third-order valence-corrected chi connectivity index (χ3v) is 3.04. The third-order valence-electron chi connectivity index (χ3n) is 2.82. The summed E-state index contributed by atoms with van der Waals surface area (Å²) in [6, 6.07) is 7.42. The van der Waals surface area contributed by atoms with E-state index >= 15 is 0 Å². The number of nitrogens with two attached hydrogens (primary N) is 1. The average Bonchev–Trinajstić information content (AvgIpc) is 2.42. The highest BCUT2D eigenvalue weighted by atomic mass is 32.1. The van der Waals surface area contributed by atoms with Gasteiger partial charge in [-0.25, -0.2) is 9.07 Å². The first-order chi connectivity index (χ1) is 9.52. The molecular weight excluding hydrogens is 277 g/mol. The molecule has 0 atom stereocenters. The zero-order chi connectivity index (χ0) is 14.7. The van der Waals surface area contributed by atoms with Gasteiger partial charge in [0.05, 0.1) is 11.3 Å². The maximum Gasteiger partial charge on any atom is 0.277 e. The fourth-order valence-electron chi connectivity index (χ4n) is 1.84. The summed E-state index contributed by atoms with van der Waals surface area (Å²) in [4.78, 5) is 12.1. The van der Waals surface area contributed by atoms with Crippen molar-refractivity contribution in [2.75, 3.05) is 0 Å². The molecule has 0 bridgehead atoms. The van der Waals surface area contributed by atoms with E-state index in [9.17, 15) is 9.18 Å². The Morgan fingerprint density at radius 3 is 2.60 bits per heavy atom. The zero-order valence-corrected chi connectivity index (χ0v) is 11.8. The van der Waals surface area contributed by atoms with Crippen LogP contribution in [0.15, 0.2) is 35.1 Å². The van der Waals surface area contributed by atoms with Gasteiger partial charge in [0.25, 0.3) is 5.56 Å². The summed E-state index contributed by atoms with van der Waals surface area (Å²) >= 11 is 4.90. The molecule has 0 saturated carbocycles. The lowest BCUT2D eigenvalue weighted by atomic mass is 10.1. The molecule has 2 rings (SSSR count). The second-order valence-electron chi connectivity index (χ2n) is 4.34. The highest BCUT2D eigenvalue weighted by molar-refractivity contribution is 7.80. The van der Waals surface area contributed by atoms with Gasteiger partial charge >= 0.3 is 0 Å². The number of benzene rings is 1. The first-order valence-electron chi connectivity index (χ1n) is 6.21. The molecule has 2 N–H and O–H groups in total. The first-order valence-corrected chi connectivity index (χ1v) is 6.61. The molecule has 4 nitrogen and oxygen atoms in total. The molecule has 0 unspecified atom stereocenters. The van der Waals surface area contributed by atoms with Crippen molar-refractivity contribution in [2.45, 2.75) is 19.9 Å². The highest BCUT2D eigenvalue weighted by Gasteiger charge is 2.11. The van der Waals surface area contributed by atoms with Crippen molar-refractivity contribution >= 4 is 17.2 Å². The van der Waals surface area contributed by atoms with Gasteiger partial charge in [0.2, 0.25) is 0 Å². The molecule has 20 heavy (non-hydrogen) atoms. The smallest absolute Gasteiger partial charge is 0.277 e. The summed E-state index contributed by atoms with van der Waals surface area (Å²) in [7, 11) is 0. The van der Waals surface area contributed by atoms with E-state index in [1.165, 1.54) is 16.8 Å². The van der Waals surface area contributed by atoms with Gasteiger partial charge in [-0.05, 0) is 36.8 Å². The van der Waals surface area contributed by atoms with Crippen LogP contribution in [0.25, 0.3) is 11.3 Å². The van der Waals surface area contributed by atoms with Crippen LogP contribution in [-0.2, 0) is 6.54 Å². The van der Waals surface area contributed by atoms with Crippen LogP contribution in [0, 0.1) is 5.82 Å². The predicted molar refractivity (Wildman–Crippen MR) is 80.1 cm³/mol. The van der Waals surface area contributed by atoms with E-state index in [-0.39, 0.29) is 21.9 Å². The molecule has 104 valence electrons. The predicted octanol–water partition coefficient (Wildman–Crippen LogP) is 2.09. The second kappa shape index (κ2) is 5.92. The molecular formula is C14H14FN3OS. The SMILES string of the molecule is CCCn1nc(-c2ccc(F)cc2)cc(C(N)=S)c1=O. The number of aromatic nitrogens is 2. The minimum absolute atomic E-state index is 0.0330. The molecule has 1 aromatic carbocycles. The van der Waals surface area contributed by atoms with Crippen molar-refractivity contribution in [3.8, 4) is 11.3 Å². The maximum atomic E-state index is 13.0. The summed E-state index contributed by atoms with van der Waals surface area (Å²) in [6.07, 6.45) is 0.760. The molecule has 1 aromatic heterocycles. The van der Waals surface area contributed by atoms with Gasteiger partial charge in [0.1, 0.15) is 10.8 Å². The summed E-state index contributed by atoms with van der Waals surface area (Å²) in [5.74, 6) is -0.329. The lowest BCUT2D eigenvalue weighted by Gasteiger charge is -2.09. The van der Waals surface area contributed by atoms with Crippen molar-refractivity contribution < 1.29 is 4.39 Å². The van der Waals surface area contributed by atoms with Crippen LogP contribution in [0.3, 0.4) is 0 Å². The minimum Gasteiger partial charge on any atom is -0.389 e. The van der Waals surface area contributed by atoms with Crippen LogP contribution in [0.5, 0.6) is 0 Å². The largest absolute Gasteiger partial charge is 0.389 e. The van der Waals surface area contributed by atoms with Crippen LogP contribution >= 0.6 is 12.2 Å². The topological polar surface area (TPSA) is 60.9 Å². The van der Waals surface area contributed by atoms with E-state index < -0.39 is 0 Å². The number of hydrogen-bond acceptors (Lipinski definition) is 3. The normalized spacial score (nSPS) is 10.5. The van der Waals surface area contributed by atoms with E-state index in [1.54, 1.807) is 18.2 Å². The molecule has 0 amide bonds. The number of rotatable bonds is 4.